The minimum absolute atomic E-state index is 0.961. The zero-order chi connectivity index (χ0) is 14.9. The second-order valence-electron chi connectivity index (χ2n) is 5.45. The summed E-state index contributed by atoms with van der Waals surface area (Å²) in [7, 11) is 0. The number of fused-ring (bicyclic) bond motifs is 3. The van der Waals surface area contributed by atoms with E-state index in [9.17, 15) is 0 Å². The van der Waals surface area contributed by atoms with Crippen molar-refractivity contribution < 1.29 is 0 Å². The first-order chi connectivity index (χ1) is 10.8. The Morgan fingerprint density at radius 2 is 1.91 bits per heavy atom. The number of nitrogens with one attached hydrogen (secondary N) is 1. The maximum Gasteiger partial charge on any atom is 0.116 e. The second-order valence-corrected chi connectivity index (χ2v) is 6.36. The highest BCUT2D eigenvalue weighted by Gasteiger charge is 2.17. The summed E-state index contributed by atoms with van der Waals surface area (Å²) in [5.41, 5.74) is 3.42. The van der Waals surface area contributed by atoms with Gasteiger partial charge in [0.25, 0.3) is 0 Å². The standard InChI is InChI=1S/C18H16BrN3/c19-13-6-8-14(9-7-13)21-12-16-15-4-1-2-5-17(15)22-11-3-10-20-18(16)22/h1-2,4-9,12,20H,3,10-11H2. The minimum Gasteiger partial charge on any atom is -0.371 e. The monoisotopic (exact) mass is 353 g/mol. The molecule has 0 saturated heterocycles. The van der Waals surface area contributed by atoms with Gasteiger partial charge in [0, 0.05) is 34.7 Å². The van der Waals surface area contributed by atoms with E-state index in [1.165, 1.54) is 22.3 Å². The molecule has 0 unspecified atom stereocenters. The average Bonchev–Trinajstić information content (AvgIpc) is 2.89. The van der Waals surface area contributed by atoms with E-state index in [1.54, 1.807) is 0 Å². The van der Waals surface area contributed by atoms with Crippen LogP contribution >= 0.6 is 15.9 Å². The lowest BCUT2D eigenvalue weighted by Gasteiger charge is -2.18. The zero-order valence-corrected chi connectivity index (χ0v) is 13.7. The van der Waals surface area contributed by atoms with Crippen LogP contribution in [0.4, 0.5) is 11.5 Å². The number of benzene rings is 2. The highest BCUT2D eigenvalue weighted by molar-refractivity contribution is 9.10. The molecule has 0 atom stereocenters. The lowest BCUT2D eigenvalue weighted by Crippen LogP contribution is -2.17. The molecule has 1 aromatic heterocycles. The highest BCUT2D eigenvalue weighted by Crippen LogP contribution is 2.31. The molecule has 3 nitrogen and oxygen atoms in total. The first kappa shape index (κ1) is 13.6. The summed E-state index contributed by atoms with van der Waals surface area (Å²) in [4.78, 5) is 4.65. The third kappa shape index (κ3) is 2.33. The summed E-state index contributed by atoms with van der Waals surface area (Å²) in [6, 6.07) is 16.6. The molecule has 0 radical (unpaired) electrons. The number of anilines is 1. The molecule has 1 N–H and O–H groups in total. The van der Waals surface area contributed by atoms with E-state index in [2.05, 4.69) is 55.1 Å². The molecule has 1 aliphatic rings. The molecule has 0 fully saturated rings. The van der Waals surface area contributed by atoms with Gasteiger partial charge in [-0.3, -0.25) is 4.99 Å². The number of hydrogen-bond acceptors (Lipinski definition) is 2. The van der Waals surface area contributed by atoms with Crippen molar-refractivity contribution in [3.8, 4) is 0 Å². The average molecular weight is 354 g/mol. The SMILES string of the molecule is Brc1ccc(N=Cc2c3n(c4ccccc24)CCCN3)cc1. The molecule has 4 heteroatoms. The molecule has 2 heterocycles. The van der Waals surface area contributed by atoms with E-state index < -0.39 is 0 Å². The van der Waals surface area contributed by atoms with Gasteiger partial charge in [0.05, 0.1) is 11.2 Å². The van der Waals surface area contributed by atoms with E-state index in [4.69, 9.17) is 0 Å². The fourth-order valence-electron chi connectivity index (χ4n) is 2.99. The number of aryl methyl sites for hydroxylation is 1. The van der Waals surface area contributed by atoms with E-state index in [1.807, 2.05) is 30.5 Å². The Morgan fingerprint density at radius 3 is 2.77 bits per heavy atom. The summed E-state index contributed by atoms with van der Waals surface area (Å²) in [6.07, 6.45) is 3.14. The molecule has 2 aromatic carbocycles. The van der Waals surface area contributed by atoms with Crippen molar-refractivity contribution in [1.29, 1.82) is 0 Å². The summed E-state index contributed by atoms with van der Waals surface area (Å²) >= 11 is 3.45. The summed E-state index contributed by atoms with van der Waals surface area (Å²) in [5, 5.41) is 4.79. The van der Waals surface area contributed by atoms with Crippen molar-refractivity contribution in [2.75, 3.05) is 11.9 Å². The third-order valence-electron chi connectivity index (χ3n) is 4.03. The molecule has 0 aliphatic carbocycles. The van der Waals surface area contributed by atoms with Crippen molar-refractivity contribution in [1.82, 2.24) is 4.57 Å². The molecule has 0 amide bonds. The molecule has 0 saturated carbocycles. The van der Waals surface area contributed by atoms with E-state index >= 15 is 0 Å². The number of aromatic nitrogens is 1. The molecule has 0 spiro atoms. The molecule has 110 valence electrons. The first-order valence-electron chi connectivity index (χ1n) is 7.48. The van der Waals surface area contributed by atoms with Crippen molar-refractivity contribution >= 4 is 44.6 Å². The van der Waals surface area contributed by atoms with Crippen molar-refractivity contribution in [2.45, 2.75) is 13.0 Å². The summed E-state index contributed by atoms with van der Waals surface area (Å²) < 4.78 is 3.43. The molecule has 0 bridgehead atoms. The smallest absolute Gasteiger partial charge is 0.116 e. The Morgan fingerprint density at radius 1 is 1.09 bits per heavy atom. The number of rotatable bonds is 2. The number of para-hydroxylation sites is 1. The number of hydrogen-bond donors (Lipinski definition) is 1. The largest absolute Gasteiger partial charge is 0.371 e. The van der Waals surface area contributed by atoms with Gasteiger partial charge in [-0.1, -0.05) is 34.1 Å². The van der Waals surface area contributed by atoms with Gasteiger partial charge in [-0.05, 0) is 36.8 Å². The molecule has 3 aromatic rings. The molecule has 4 rings (SSSR count). The number of halogens is 1. The Bertz CT molecular complexity index is 847. The Kier molecular flexibility index (Phi) is 3.47. The normalized spacial score (nSPS) is 14.2. The fourth-order valence-corrected chi connectivity index (χ4v) is 3.26. The Balaban J connectivity index is 1.82. The van der Waals surface area contributed by atoms with Gasteiger partial charge in [-0.15, -0.1) is 0 Å². The lowest BCUT2D eigenvalue weighted by atomic mass is 10.2. The second kappa shape index (κ2) is 5.61. The van der Waals surface area contributed by atoms with Gasteiger partial charge >= 0.3 is 0 Å². The van der Waals surface area contributed by atoms with Crippen LogP contribution in [0.2, 0.25) is 0 Å². The van der Waals surface area contributed by atoms with Crippen LogP contribution in [0.3, 0.4) is 0 Å². The molecule has 22 heavy (non-hydrogen) atoms. The van der Waals surface area contributed by atoms with Crippen LogP contribution in [0.1, 0.15) is 12.0 Å². The lowest BCUT2D eigenvalue weighted by molar-refractivity contribution is 0.649. The van der Waals surface area contributed by atoms with Crippen LogP contribution in [0.5, 0.6) is 0 Å². The van der Waals surface area contributed by atoms with Crippen molar-refractivity contribution in [3.63, 3.8) is 0 Å². The Hall–Kier alpha value is -2.07. The Labute approximate surface area is 137 Å². The molecule has 1 aliphatic heterocycles. The van der Waals surface area contributed by atoms with E-state index in [0.29, 0.717) is 0 Å². The van der Waals surface area contributed by atoms with E-state index in [0.717, 1.165) is 29.7 Å². The van der Waals surface area contributed by atoms with Gasteiger partial charge < -0.3 is 9.88 Å². The van der Waals surface area contributed by atoms with Crippen molar-refractivity contribution in [2.24, 2.45) is 4.99 Å². The predicted octanol–water partition coefficient (Wildman–Crippen LogP) is 4.97. The van der Waals surface area contributed by atoms with Gasteiger partial charge in [-0.25, -0.2) is 0 Å². The van der Waals surface area contributed by atoms with Crippen LogP contribution in [0.25, 0.3) is 10.9 Å². The number of aliphatic imine (C=N–C) groups is 1. The molecular weight excluding hydrogens is 338 g/mol. The van der Waals surface area contributed by atoms with Crippen LogP contribution in [0.15, 0.2) is 58.0 Å². The summed E-state index contributed by atoms with van der Waals surface area (Å²) in [6.45, 7) is 2.09. The van der Waals surface area contributed by atoms with Crippen LogP contribution in [0, 0.1) is 0 Å². The van der Waals surface area contributed by atoms with Crippen LogP contribution in [-0.4, -0.2) is 17.3 Å². The topological polar surface area (TPSA) is 29.3 Å². The van der Waals surface area contributed by atoms with E-state index in [-0.39, 0.29) is 0 Å². The first-order valence-corrected chi connectivity index (χ1v) is 8.27. The quantitative estimate of drug-likeness (QED) is 0.647. The van der Waals surface area contributed by atoms with Gasteiger partial charge in [0.1, 0.15) is 5.82 Å². The van der Waals surface area contributed by atoms with Crippen molar-refractivity contribution in [3.05, 3.63) is 58.6 Å². The van der Waals surface area contributed by atoms with Crippen LogP contribution < -0.4 is 5.32 Å². The van der Waals surface area contributed by atoms with Gasteiger partial charge in [0.2, 0.25) is 0 Å². The molecular formula is C18H16BrN3. The van der Waals surface area contributed by atoms with Crippen LogP contribution in [-0.2, 0) is 6.54 Å². The fraction of sp³-hybridized carbons (Fsp3) is 0.167. The summed E-state index contributed by atoms with van der Waals surface area (Å²) in [5.74, 6) is 1.19. The maximum absolute atomic E-state index is 4.65. The zero-order valence-electron chi connectivity index (χ0n) is 12.1. The number of nitrogens with zero attached hydrogens (tertiary/aromatic N) is 2. The minimum atomic E-state index is 0.961. The van der Waals surface area contributed by atoms with Gasteiger partial charge in [-0.2, -0.15) is 0 Å². The highest BCUT2D eigenvalue weighted by atomic mass is 79.9. The van der Waals surface area contributed by atoms with Gasteiger partial charge in [0.15, 0.2) is 0 Å². The third-order valence-corrected chi connectivity index (χ3v) is 4.56. The maximum atomic E-state index is 4.65. The predicted molar refractivity (Wildman–Crippen MR) is 96.4 cm³/mol.